The van der Waals surface area contributed by atoms with E-state index in [1.54, 1.807) is 0 Å². The average Bonchev–Trinajstić information content (AvgIpc) is 2.16. The summed E-state index contributed by atoms with van der Waals surface area (Å²) in [5.41, 5.74) is 6.64. The highest BCUT2D eigenvalue weighted by Crippen LogP contribution is 2.24. The first kappa shape index (κ1) is 9.16. The molecule has 0 aliphatic heterocycles. The van der Waals surface area contributed by atoms with Gasteiger partial charge in [-0.2, -0.15) is 0 Å². The summed E-state index contributed by atoms with van der Waals surface area (Å²) in [5.74, 6) is -0.226. The molecule has 0 saturated carbocycles. The number of hydrogen-bond donors (Lipinski definition) is 1. The predicted octanol–water partition coefficient (Wildman–Crippen LogP) is 3.00. The van der Waals surface area contributed by atoms with E-state index in [9.17, 15) is 4.39 Å². The Hall–Kier alpha value is -1.41. The normalized spacial score (nSPS) is 13.1. The van der Waals surface area contributed by atoms with Gasteiger partial charge in [0.05, 0.1) is 0 Å². The largest absolute Gasteiger partial charge is 0.324 e. The molecule has 0 heterocycles. The topological polar surface area (TPSA) is 26.0 Å². The first-order chi connectivity index (χ1) is 6.68. The molecule has 0 spiro atoms. The molecule has 0 bridgehead atoms. The second-order valence-electron chi connectivity index (χ2n) is 3.50. The van der Waals surface area contributed by atoms with Crippen LogP contribution in [0.5, 0.6) is 0 Å². The highest BCUT2D eigenvalue weighted by Gasteiger charge is 2.06. The highest BCUT2D eigenvalue weighted by molar-refractivity contribution is 5.86. The molecule has 0 aliphatic carbocycles. The number of nitrogens with two attached hydrogens (primary N) is 1. The van der Waals surface area contributed by atoms with Crippen molar-refractivity contribution in [1.82, 2.24) is 0 Å². The van der Waals surface area contributed by atoms with Crippen molar-refractivity contribution in [1.29, 1.82) is 0 Å². The lowest BCUT2D eigenvalue weighted by atomic mass is 10.00. The number of rotatable bonds is 1. The lowest BCUT2D eigenvalue weighted by molar-refractivity contribution is 0.625. The lowest BCUT2D eigenvalue weighted by Gasteiger charge is -2.09. The van der Waals surface area contributed by atoms with Crippen molar-refractivity contribution >= 4 is 10.8 Å². The van der Waals surface area contributed by atoms with Gasteiger partial charge in [-0.1, -0.05) is 24.3 Å². The van der Waals surface area contributed by atoms with Crippen LogP contribution in [-0.4, -0.2) is 0 Å². The van der Waals surface area contributed by atoms with Gasteiger partial charge in [-0.25, -0.2) is 4.39 Å². The SMILES string of the molecule is C[C@@H](N)c1cc(F)cc2ccccc12. The summed E-state index contributed by atoms with van der Waals surface area (Å²) in [4.78, 5) is 0. The molecule has 72 valence electrons. The third-order valence-electron chi connectivity index (χ3n) is 2.35. The van der Waals surface area contributed by atoms with Gasteiger partial charge in [0, 0.05) is 6.04 Å². The Bertz CT molecular complexity index is 463. The predicted molar refractivity (Wildman–Crippen MR) is 56.5 cm³/mol. The van der Waals surface area contributed by atoms with Crippen LogP contribution in [0.4, 0.5) is 4.39 Å². The fourth-order valence-corrected chi connectivity index (χ4v) is 1.68. The molecule has 2 rings (SSSR count). The Labute approximate surface area is 82.3 Å². The molecular formula is C12H12FN. The smallest absolute Gasteiger partial charge is 0.124 e. The molecule has 1 nitrogen and oxygen atoms in total. The summed E-state index contributed by atoms with van der Waals surface area (Å²) in [7, 11) is 0. The van der Waals surface area contributed by atoms with Crippen LogP contribution in [0.2, 0.25) is 0 Å². The number of benzene rings is 2. The van der Waals surface area contributed by atoms with E-state index < -0.39 is 0 Å². The van der Waals surface area contributed by atoms with Crippen LogP contribution < -0.4 is 5.73 Å². The van der Waals surface area contributed by atoms with E-state index in [0.29, 0.717) is 0 Å². The van der Waals surface area contributed by atoms with Gasteiger partial charge >= 0.3 is 0 Å². The minimum absolute atomic E-state index is 0.143. The summed E-state index contributed by atoms with van der Waals surface area (Å²) >= 11 is 0. The van der Waals surface area contributed by atoms with Crippen LogP contribution in [0.3, 0.4) is 0 Å². The maximum Gasteiger partial charge on any atom is 0.124 e. The maximum atomic E-state index is 13.2. The first-order valence-electron chi connectivity index (χ1n) is 4.62. The van der Waals surface area contributed by atoms with E-state index in [1.165, 1.54) is 12.1 Å². The van der Waals surface area contributed by atoms with E-state index in [2.05, 4.69) is 0 Å². The van der Waals surface area contributed by atoms with Crippen molar-refractivity contribution < 1.29 is 4.39 Å². The minimum atomic E-state index is -0.226. The van der Waals surface area contributed by atoms with E-state index in [0.717, 1.165) is 16.3 Å². The van der Waals surface area contributed by atoms with Gasteiger partial charge in [-0.3, -0.25) is 0 Å². The number of halogens is 1. The summed E-state index contributed by atoms with van der Waals surface area (Å²) in [6.07, 6.45) is 0. The van der Waals surface area contributed by atoms with Gasteiger partial charge in [0.2, 0.25) is 0 Å². The molecular weight excluding hydrogens is 177 g/mol. The van der Waals surface area contributed by atoms with Gasteiger partial charge < -0.3 is 5.73 Å². The molecule has 14 heavy (non-hydrogen) atoms. The molecule has 1 atom stereocenters. The quantitative estimate of drug-likeness (QED) is 0.733. The molecule has 0 aromatic heterocycles. The average molecular weight is 189 g/mol. The summed E-state index contributed by atoms with van der Waals surface area (Å²) in [5, 5.41) is 1.93. The molecule has 0 unspecified atom stereocenters. The van der Waals surface area contributed by atoms with Crippen LogP contribution in [0, 0.1) is 5.82 Å². The second-order valence-corrected chi connectivity index (χ2v) is 3.50. The molecule has 0 radical (unpaired) electrons. The molecule has 0 fully saturated rings. The van der Waals surface area contributed by atoms with E-state index >= 15 is 0 Å². The molecule has 2 aromatic rings. The van der Waals surface area contributed by atoms with Crippen LogP contribution in [0.1, 0.15) is 18.5 Å². The molecule has 0 aliphatic rings. The van der Waals surface area contributed by atoms with Crippen LogP contribution in [0.15, 0.2) is 36.4 Å². The first-order valence-corrected chi connectivity index (χ1v) is 4.62. The van der Waals surface area contributed by atoms with Crippen molar-refractivity contribution in [3.05, 3.63) is 47.8 Å². The Kier molecular flexibility index (Phi) is 2.22. The third kappa shape index (κ3) is 1.49. The molecule has 2 N–H and O–H groups in total. The molecule has 0 saturated heterocycles. The Morgan fingerprint density at radius 3 is 2.64 bits per heavy atom. The van der Waals surface area contributed by atoms with Crippen LogP contribution >= 0.6 is 0 Å². The highest BCUT2D eigenvalue weighted by atomic mass is 19.1. The van der Waals surface area contributed by atoms with Gasteiger partial charge in [0.15, 0.2) is 0 Å². The number of hydrogen-bond acceptors (Lipinski definition) is 1. The van der Waals surface area contributed by atoms with Crippen LogP contribution in [0.25, 0.3) is 10.8 Å². The zero-order valence-electron chi connectivity index (χ0n) is 8.00. The van der Waals surface area contributed by atoms with Crippen molar-refractivity contribution in [3.63, 3.8) is 0 Å². The Morgan fingerprint density at radius 2 is 1.93 bits per heavy atom. The van der Waals surface area contributed by atoms with Gasteiger partial charge in [0.25, 0.3) is 0 Å². The van der Waals surface area contributed by atoms with Crippen molar-refractivity contribution in [2.24, 2.45) is 5.73 Å². The van der Waals surface area contributed by atoms with E-state index in [-0.39, 0.29) is 11.9 Å². The zero-order chi connectivity index (χ0) is 10.1. The van der Waals surface area contributed by atoms with Crippen molar-refractivity contribution in [2.45, 2.75) is 13.0 Å². The summed E-state index contributed by atoms with van der Waals surface area (Å²) in [6.45, 7) is 1.86. The minimum Gasteiger partial charge on any atom is -0.324 e. The summed E-state index contributed by atoms with van der Waals surface area (Å²) < 4.78 is 13.2. The summed E-state index contributed by atoms with van der Waals surface area (Å²) in [6, 6.07) is 10.6. The maximum absolute atomic E-state index is 13.2. The van der Waals surface area contributed by atoms with Gasteiger partial charge in [0.1, 0.15) is 5.82 Å². The number of fused-ring (bicyclic) bond motifs is 1. The lowest BCUT2D eigenvalue weighted by Crippen LogP contribution is -2.05. The Balaban J connectivity index is 2.80. The molecule has 2 aromatic carbocycles. The fraction of sp³-hybridized carbons (Fsp3) is 0.167. The van der Waals surface area contributed by atoms with Gasteiger partial charge in [-0.05, 0) is 35.4 Å². The standard InChI is InChI=1S/C12H12FN/c1-8(14)12-7-10(13)6-9-4-2-3-5-11(9)12/h2-8H,14H2,1H3/t8-/m1/s1. The molecule has 0 amide bonds. The fourth-order valence-electron chi connectivity index (χ4n) is 1.68. The molecule has 2 heteroatoms. The monoisotopic (exact) mass is 189 g/mol. The van der Waals surface area contributed by atoms with Crippen molar-refractivity contribution in [2.75, 3.05) is 0 Å². The van der Waals surface area contributed by atoms with E-state index in [1.807, 2.05) is 31.2 Å². The second kappa shape index (κ2) is 3.39. The van der Waals surface area contributed by atoms with Gasteiger partial charge in [-0.15, -0.1) is 0 Å². The van der Waals surface area contributed by atoms with Crippen LogP contribution in [-0.2, 0) is 0 Å². The third-order valence-corrected chi connectivity index (χ3v) is 2.35. The Morgan fingerprint density at radius 1 is 1.21 bits per heavy atom. The van der Waals surface area contributed by atoms with E-state index in [4.69, 9.17) is 5.73 Å². The van der Waals surface area contributed by atoms with Crippen molar-refractivity contribution in [3.8, 4) is 0 Å². The zero-order valence-corrected chi connectivity index (χ0v) is 8.00.